The minimum absolute atomic E-state index is 0.0118. The highest BCUT2D eigenvalue weighted by Crippen LogP contribution is 2.43. The summed E-state index contributed by atoms with van der Waals surface area (Å²) in [5.41, 5.74) is 2.04. The molecular weight excluding hydrogens is 966 g/mol. The second-order valence-electron chi connectivity index (χ2n) is 19.2. The van der Waals surface area contributed by atoms with E-state index in [4.69, 9.17) is 23.7 Å². The Kier molecular flexibility index (Phi) is 23.7. The van der Waals surface area contributed by atoms with E-state index in [0.29, 0.717) is 43.7 Å². The maximum absolute atomic E-state index is 13.2. The highest BCUT2D eigenvalue weighted by Gasteiger charge is 2.51. The van der Waals surface area contributed by atoms with Crippen LogP contribution in [0, 0.1) is 11.8 Å². The number of esters is 2. The lowest BCUT2D eigenvalue weighted by Crippen LogP contribution is -2.53. The standard InChI is InChI=1S/C52H76BrN5O12/c1-32(2)49(58-44(59)16-10-9-13-25-54-46(61)30-53)51(65)55-36(6)50(64)57-41-15-12-11-14-38(41)20-24-47(62)68-35(5)19-23-45(60)56-42-26-34(4)43(69-37(42)7)22-18-33(3)17-21-39-28-52(31-67-52)29-40(70-39)27-48(63)66-8/h11-12,14-15,17-19,21,23,32,34-37,39-40,42-43,49H,9-10,13,16,20,22,24-31H2,1-8H3,(H,54,61)(H,55,65)(H,56,60)(H,57,64)(H,58,59)/t34-,35-,36-,37+,39+,40+,42+,43-,49-,52-/m0/s1. The largest absolute Gasteiger partial charge is 0.469 e. The van der Waals surface area contributed by atoms with E-state index in [9.17, 15) is 33.6 Å². The van der Waals surface area contributed by atoms with Crippen LogP contribution in [0.2, 0.25) is 0 Å². The average Bonchev–Trinajstić information content (AvgIpc) is 4.06. The van der Waals surface area contributed by atoms with Crippen molar-refractivity contribution in [3.05, 3.63) is 65.8 Å². The molecule has 3 fully saturated rings. The number of rotatable bonds is 26. The number of anilines is 1. The topological polar surface area (TPSA) is 229 Å². The van der Waals surface area contributed by atoms with Gasteiger partial charge in [-0.15, -0.1) is 0 Å². The average molecular weight is 1040 g/mol. The van der Waals surface area contributed by atoms with Gasteiger partial charge in [-0.2, -0.15) is 0 Å². The third-order valence-electron chi connectivity index (χ3n) is 12.8. The van der Waals surface area contributed by atoms with Crippen molar-refractivity contribution >= 4 is 63.1 Å². The molecule has 0 bridgehead atoms. The molecule has 388 valence electrons. The summed E-state index contributed by atoms with van der Waals surface area (Å²) in [6.07, 6.45) is 13.5. The van der Waals surface area contributed by atoms with Gasteiger partial charge in [0.25, 0.3) is 0 Å². The molecule has 5 amide bonds. The van der Waals surface area contributed by atoms with Gasteiger partial charge in [0.2, 0.25) is 29.5 Å². The molecule has 3 aliphatic rings. The Morgan fingerprint density at radius 1 is 0.900 bits per heavy atom. The molecule has 0 radical (unpaired) electrons. The van der Waals surface area contributed by atoms with E-state index < -0.39 is 36.0 Å². The number of para-hydroxylation sites is 1. The zero-order valence-electron chi connectivity index (χ0n) is 42.1. The van der Waals surface area contributed by atoms with Gasteiger partial charge in [0.1, 0.15) is 18.2 Å². The highest BCUT2D eigenvalue weighted by molar-refractivity contribution is 9.09. The third-order valence-corrected chi connectivity index (χ3v) is 13.3. The number of alkyl halides is 1. The molecule has 1 aromatic rings. The molecule has 0 aliphatic carbocycles. The Hall–Kier alpha value is -4.91. The zero-order valence-corrected chi connectivity index (χ0v) is 43.7. The first-order valence-corrected chi connectivity index (χ1v) is 25.8. The summed E-state index contributed by atoms with van der Waals surface area (Å²) in [7, 11) is 1.38. The number of allylic oxidation sites excluding steroid dienone is 2. The third kappa shape index (κ3) is 20.1. The van der Waals surface area contributed by atoms with Crippen molar-refractivity contribution in [2.45, 2.75) is 173 Å². The summed E-state index contributed by atoms with van der Waals surface area (Å²) < 4.78 is 28.7. The first kappa shape index (κ1) is 57.7. The Bertz CT molecular complexity index is 2040. The fourth-order valence-electron chi connectivity index (χ4n) is 8.50. The van der Waals surface area contributed by atoms with Crippen LogP contribution < -0.4 is 26.6 Å². The molecule has 18 heteroatoms. The molecule has 0 saturated carbocycles. The van der Waals surface area contributed by atoms with Crippen LogP contribution in [0.3, 0.4) is 0 Å². The summed E-state index contributed by atoms with van der Waals surface area (Å²) in [5.74, 6) is -2.47. The van der Waals surface area contributed by atoms with E-state index in [1.54, 1.807) is 38.1 Å². The second-order valence-corrected chi connectivity index (χ2v) is 19.8. The number of epoxide rings is 1. The van der Waals surface area contributed by atoms with Gasteiger partial charge in [-0.3, -0.25) is 33.6 Å². The fraction of sp³-hybridized carbons (Fsp3) is 0.635. The van der Waals surface area contributed by atoms with Crippen LogP contribution in [0.15, 0.2) is 60.2 Å². The van der Waals surface area contributed by atoms with Crippen molar-refractivity contribution in [1.82, 2.24) is 21.3 Å². The number of amides is 5. The normalized spacial score (nSPS) is 24.6. The molecule has 3 heterocycles. The number of methoxy groups -OCH3 is 1. The number of halogens is 1. The maximum Gasteiger partial charge on any atom is 0.308 e. The van der Waals surface area contributed by atoms with Gasteiger partial charge in [0, 0.05) is 44.0 Å². The van der Waals surface area contributed by atoms with Crippen LogP contribution in [0.4, 0.5) is 5.69 Å². The molecule has 3 saturated heterocycles. The monoisotopic (exact) mass is 1040 g/mol. The Morgan fingerprint density at radius 2 is 1.64 bits per heavy atom. The van der Waals surface area contributed by atoms with Crippen LogP contribution in [0.1, 0.15) is 118 Å². The van der Waals surface area contributed by atoms with Gasteiger partial charge in [-0.1, -0.05) is 85.1 Å². The van der Waals surface area contributed by atoms with Crippen LogP contribution in [0.25, 0.3) is 0 Å². The number of hydrogen-bond donors (Lipinski definition) is 5. The summed E-state index contributed by atoms with van der Waals surface area (Å²) in [6.45, 7) is 14.2. The van der Waals surface area contributed by atoms with Gasteiger partial charge in [-0.05, 0) is 89.3 Å². The number of ether oxygens (including phenoxy) is 5. The van der Waals surface area contributed by atoms with Crippen LogP contribution in [-0.4, -0.2) is 121 Å². The number of unbranched alkanes of at least 4 members (excludes halogenated alkanes) is 2. The van der Waals surface area contributed by atoms with E-state index in [0.717, 1.165) is 31.3 Å². The number of hydrogen-bond acceptors (Lipinski definition) is 12. The second kappa shape index (κ2) is 28.8. The molecule has 10 atom stereocenters. The molecule has 1 spiro atoms. The Morgan fingerprint density at radius 3 is 2.34 bits per heavy atom. The number of carbonyl (C=O) groups is 7. The molecule has 70 heavy (non-hydrogen) atoms. The van der Waals surface area contributed by atoms with Gasteiger partial charge >= 0.3 is 11.9 Å². The highest BCUT2D eigenvalue weighted by atomic mass is 79.9. The van der Waals surface area contributed by atoms with E-state index in [2.05, 4.69) is 55.5 Å². The Labute approximate surface area is 421 Å². The van der Waals surface area contributed by atoms with Gasteiger partial charge in [-0.25, -0.2) is 0 Å². The first-order chi connectivity index (χ1) is 33.3. The van der Waals surface area contributed by atoms with E-state index in [1.807, 2.05) is 39.8 Å². The summed E-state index contributed by atoms with van der Waals surface area (Å²) in [6, 6.07) is 5.06. The molecule has 0 unspecified atom stereocenters. The minimum Gasteiger partial charge on any atom is -0.469 e. The molecule has 5 N–H and O–H groups in total. The van der Waals surface area contributed by atoms with Gasteiger partial charge < -0.3 is 50.3 Å². The van der Waals surface area contributed by atoms with Crippen molar-refractivity contribution in [3.8, 4) is 0 Å². The molecular formula is C52H76BrN5O12. The van der Waals surface area contributed by atoms with Gasteiger partial charge in [0.05, 0.1) is 61.5 Å². The number of benzene rings is 1. The summed E-state index contributed by atoms with van der Waals surface area (Å²) in [4.78, 5) is 88.2. The molecule has 1 aromatic carbocycles. The molecule has 17 nitrogen and oxygen atoms in total. The van der Waals surface area contributed by atoms with Crippen molar-refractivity contribution in [3.63, 3.8) is 0 Å². The lowest BCUT2D eigenvalue weighted by atomic mass is 9.88. The minimum atomic E-state index is -0.936. The van der Waals surface area contributed by atoms with Crippen molar-refractivity contribution in [2.24, 2.45) is 11.8 Å². The van der Waals surface area contributed by atoms with E-state index >= 15 is 0 Å². The molecule has 0 aromatic heterocycles. The van der Waals surface area contributed by atoms with Gasteiger partial charge in [0.15, 0.2) is 0 Å². The summed E-state index contributed by atoms with van der Waals surface area (Å²) >= 11 is 3.10. The maximum atomic E-state index is 13.2. The van der Waals surface area contributed by atoms with E-state index in [1.165, 1.54) is 19.3 Å². The van der Waals surface area contributed by atoms with Crippen molar-refractivity contribution in [1.29, 1.82) is 0 Å². The number of nitrogens with one attached hydrogen (secondary N) is 5. The summed E-state index contributed by atoms with van der Waals surface area (Å²) in [5, 5.41) is 14.4. The molecule has 3 aliphatic heterocycles. The van der Waals surface area contributed by atoms with E-state index in [-0.39, 0.29) is 103 Å². The number of aryl methyl sites for hydroxylation is 1. The van der Waals surface area contributed by atoms with Crippen LogP contribution in [0.5, 0.6) is 0 Å². The predicted molar refractivity (Wildman–Crippen MR) is 269 cm³/mol. The van der Waals surface area contributed by atoms with Crippen LogP contribution in [-0.2, 0) is 63.7 Å². The van der Waals surface area contributed by atoms with Crippen molar-refractivity contribution in [2.75, 3.05) is 30.9 Å². The fourth-order valence-corrected chi connectivity index (χ4v) is 8.70. The SMILES string of the molecule is COC(=O)C[C@@H]1C[C@]2(CO2)C[C@@H](C=CC(C)=CC[C@@H]2O[C@H](C)[C@H](NC(=O)C=C[C@H](C)OC(=O)CCc3ccccc3NC(=O)[C@H](C)NC(=O)[C@@H](NC(=O)CCCCCNC(=O)CBr)C(C)C)C[C@@H]2C)O1. The van der Waals surface area contributed by atoms with Crippen LogP contribution >= 0.6 is 15.9 Å². The molecule has 4 rings (SSSR count). The van der Waals surface area contributed by atoms with Crippen molar-refractivity contribution < 1.29 is 57.2 Å². The lowest BCUT2D eigenvalue weighted by Gasteiger charge is -2.39. The lowest BCUT2D eigenvalue weighted by molar-refractivity contribution is -0.147. The number of carbonyl (C=O) groups excluding carboxylic acids is 7. The smallest absolute Gasteiger partial charge is 0.308 e. The first-order valence-electron chi connectivity index (χ1n) is 24.7. The Balaban J connectivity index is 1.15. The predicted octanol–water partition coefficient (Wildman–Crippen LogP) is 5.83. The zero-order chi connectivity index (χ0) is 51.4. The quantitative estimate of drug-likeness (QED) is 0.0184.